The number of fused-ring (bicyclic) bond motifs is 1. The summed E-state index contributed by atoms with van der Waals surface area (Å²) in [4.78, 5) is 6.04. The number of anilines is 1. The van der Waals surface area contributed by atoms with Crippen molar-refractivity contribution in [3.05, 3.63) is 29.6 Å². The van der Waals surface area contributed by atoms with Crippen molar-refractivity contribution in [1.82, 2.24) is 19.7 Å². The van der Waals surface area contributed by atoms with E-state index >= 15 is 0 Å². The minimum Gasteiger partial charge on any atom is -0.383 e. The molecule has 0 aromatic carbocycles. The van der Waals surface area contributed by atoms with Gasteiger partial charge in [0, 0.05) is 49.6 Å². The maximum absolute atomic E-state index is 13.2. The van der Waals surface area contributed by atoms with Gasteiger partial charge in [0.25, 0.3) is 6.43 Å². The van der Waals surface area contributed by atoms with Crippen LogP contribution in [0.4, 0.5) is 27.8 Å². The fraction of sp³-hybridized carbons (Fsp3) is 0.619. The molecular formula is C21H24F5N5O. The smallest absolute Gasteiger partial charge is 0.383 e. The van der Waals surface area contributed by atoms with Crippen molar-refractivity contribution in [2.45, 2.75) is 50.1 Å². The summed E-state index contributed by atoms with van der Waals surface area (Å²) in [5.41, 5.74) is 5.29. The molecule has 6 nitrogen and oxygen atoms in total. The lowest BCUT2D eigenvalue weighted by Gasteiger charge is -2.43. The van der Waals surface area contributed by atoms with Gasteiger partial charge in [-0.25, -0.2) is 13.8 Å². The standard InChI is InChI=1S/C21H24F5N5O/c1-32-12-7-30(8-12)11-3-13-14(4-11)19(13)17-5-16(29-31(17)9-18(22)23)10-2-15(21(24,25)26)20(27)28-6-10/h2,5-6,11-14,18-19H,3-4,7-9H2,1H3,(H2,27,28)/t11?,13-,14+,19+. The highest BCUT2D eigenvalue weighted by Crippen LogP contribution is 2.64. The Kier molecular flexibility index (Phi) is 5.16. The Morgan fingerprint density at radius 3 is 2.47 bits per heavy atom. The average molecular weight is 457 g/mol. The predicted molar refractivity (Wildman–Crippen MR) is 106 cm³/mol. The quantitative estimate of drug-likeness (QED) is 0.671. The van der Waals surface area contributed by atoms with E-state index in [9.17, 15) is 22.0 Å². The molecule has 0 spiro atoms. The molecule has 2 saturated carbocycles. The van der Waals surface area contributed by atoms with Gasteiger partial charge in [0.2, 0.25) is 0 Å². The third-order valence-corrected chi connectivity index (χ3v) is 7.13. The molecule has 1 unspecified atom stereocenters. The Hall–Kier alpha value is -2.27. The van der Waals surface area contributed by atoms with E-state index in [1.165, 1.54) is 10.9 Å². The predicted octanol–water partition coefficient (Wildman–Crippen LogP) is 3.63. The SMILES string of the molecule is COC1CN(C2C[C@@H]3[C@H](C2)[C@H]3c2cc(-c3cnc(N)c(C(F)(F)F)c3)nn2CC(F)F)C1. The number of alkyl halides is 5. The molecule has 174 valence electrons. The molecular weight excluding hydrogens is 433 g/mol. The summed E-state index contributed by atoms with van der Waals surface area (Å²) < 4.78 is 72.6. The van der Waals surface area contributed by atoms with Crippen LogP contribution in [-0.4, -0.2) is 58.4 Å². The average Bonchev–Trinajstić information content (AvgIpc) is 3.00. The van der Waals surface area contributed by atoms with E-state index in [1.54, 1.807) is 13.2 Å². The highest BCUT2D eigenvalue weighted by Gasteiger charge is 2.59. The zero-order chi connectivity index (χ0) is 22.8. The van der Waals surface area contributed by atoms with E-state index in [4.69, 9.17) is 10.5 Å². The number of aromatic nitrogens is 3. The van der Waals surface area contributed by atoms with Gasteiger partial charge in [-0.05, 0) is 36.8 Å². The maximum Gasteiger partial charge on any atom is 0.419 e. The summed E-state index contributed by atoms with van der Waals surface area (Å²) in [6.45, 7) is 1.25. The molecule has 3 fully saturated rings. The van der Waals surface area contributed by atoms with E-state index in [0.29, 0.717) is 23.6 Å². The van der Waals surface area contributed by atoms with Crippen LogP contribution in [0, 0.1) is 11.8 Å². The van der Waals surface area contributed by atoms with Crippen molar-refractivity contribution in [1.29, 1.82) is 0 Å². The monoisotopic (exact) mass is 457 g/mol. The number of likely N-dealkylation sites (tertiary alicyclic amines) is 1. The Bertz CT molecular complexity index is 991. The minimum atomic E-state index is -4.66. The van der Waals surface area contributed by atoms with Crippen LogP contribution in [-0.2, 0) is 17.5 Å². The molecule has 1 aliphatic heterocycles. The molecule has 5 rings (SSSR count). The fourth-order valence-electron chi connectivity index (χ4n) is 5.43. The second-order valence-electron chi connectivity index (χ2n) is 8.97. The first-order valence-corrected chi connectivity index (χ1v) is 10.6. The molecule has 3 heterocycles. The van der Waals surface area contributed by atoms with Crippen molar-refractivity contribution in [3.8, 4) is 11.3 Å². The highest BCUT2D eigenvalue weighted by atomic mass is 19.4. The van der Waals surface area contributed by atoms with Gasteiger partial charge in [-0.2, -0.15) is 18.3 Å². The Morgan fingerprint density at radius 1 is 1.19 bits per heavy atom. The highest BCUT2D eigenvalue weighted by molar-refractivity contribution is 5.63. The van der Waals surface area contributed by atoms with Gasteiger partial charge in [-0.15, -0.1) is 0 Å². The van der Waals surface area contributed by atoms with Gasteiger partial charge in [0.05, 0.1) is 17.4 Å². The van der Waals surface area contributed by atoms with E-state index in [0.717, 1.165) is 32.0 Å². The number of methoxy groups -OCH3 is 1. The number of halogens is 5. The maximum atomic E-state index is 13.2. The number of hydrogen-bond acceptors (Lipinski definition) is 5. The number of nitrogen functional groups attached to an aromatic ring is 1. The van der Waals surface area contributed by atoms with Crippen LogP contribution in [0.25, 0.3) is 11.3 Å². The van der Waals surface area contributed by atoms with Crippen LogP contribution < -0.4 is 5.73 Å². The molecule has 2 aromatic heterocycles. The van der Waals surface area contributed by atoms with Crippen molar-refractivity contribution in [2.24, 2.45) is 11.8 Å². The second kappa shape index (κ2) is 7.65. The van der Waals surface area contributed by atoms with E-state index < -0.39 is 30.5 Å². The van der Waals surface area contributed by atoms with Crippen molar-refractivity contribution in [2.75, 3.05) is 25.9 Å². The number of nitrogens with zero attached hydrogens (tertiary/aromatic N) is 4. The lowest BCUT2D eigenvalue weighted by molar-refractivity contribution is -0.137. The topological polar surface area (TPSA) is 69.2 Å². The molecule has 32 heavy (non-hydrogen) atoms. The Morgan fingerprint density at radius 2 is 1.88 bits per heavy atom. The molecule has 3 aliphatic rings. The van der Waals surface area contributed by atoms with Crippen molar-refractivity contribution < 1.29 is 26.7 Å². The molecule has 2 N–H and O–H groups in total. The number of hydrogen-bond donors (Lipinski definition) is 1. The zero-order valence-electron chi connectivity index (χ0n) is 17.4. The minimum absolute atomic E-state index is 0.106. The van der Waals surface area contributed by atoms with Crippen LogP contribution in [0.3, 0.4) is 0 Å². The van der Waals surface area contributed by atoms with Gasteiger partial charge in [-0.1, -0.05) is 0 Å². The van der Waals surface area contributed by atoms with Gasteiger partial charge in [-0.3, -0.25) is 9.58 Å². The molecule has 11 heteroatoms. The van der Waals surface area contributed by atoms with Gasteiger partial charge in [0.1, 0.15) is 12.4 Å². The largest absolute Gasteiger partial charge is 0.419 e. The number of pyridine rings is 1. The molecule has 2 aromatic rings. The number of nitrogens with two attached hydrogens (primary N) is 1. The van der Waals surface area contributed by atoms with Crippen LogP contribution >= 0.6 is 0 Å². The first-order valence-electron chi connectivity index (χ1n) is 10.6. The summed E-state index contributed by atoms with van der Waals surface area (Å²) in [7, 11) is 1.71. The Balaban J connectivity index is 1.37. The molecule has 0 radical (unpaired) electrons. The summed E-state index contributed by atoms with van der Waals surface area (Å²) >= 11 is 0. The van der Waals surface area contributed by atoms with Crippen LogP contribution in [0.15, 0.2) is 18.3 Å². The summed E-state index contributed by atoms with van der Waals surface area (Å²) in [5, 5.41) is 4.23. The third kappa shape index (κ3) is 3.75. The Labute approximate surface area is 181 Å². The summed E-state index contributed by atoms with van der Waals surface area (Å²) in [6, 6.07) is 2.99. The lowest BCUT2D eigenvalue weighted by Crippen LogP contribution is -2.55. The first kappa shape index (κ1) is 21.6. The summed E-state index contributed by atoms with van der Waals surface area (Å²) in [6.07, 6.45) is -3.82. The van der Waals surface area contributed by atoms with Crippen LogP contribution in [0.1, 0.15) is 30.0 Å². The zero-order valence-corrected chi connectivity index (χ0v) is 17.4. The normalized spacial score (nSPS) is 28.2. The molecule has 2 aliphatic carbocycles. The van der Waals surface area contributed by atoms with Gasteiger partial charge >= 0.3 is 6.18 Å². The van der Waals surface area contributed by atoms with E-state index in [1.807, 2.05) is 0 Å². The van der Waals surface area contributed by atoms with Gasteiger partial charge in [0.15, 0.2) is 0 Å². The number of ether oxygens (including phenoxy) is 1. The van der Waals surface area contributed by atoms with Gasteiger partial charge < -0.3 is 10.5 Å². The van der Waals surface area contributed by atoms with Crippen molar-refractivity contribution in [3.63, 3.8) is 0 Å². The second-order valence-corrected chi connectivity index (χ2v) is 8.97. The summed E-state index contributed by atoms with van der Waals surface area (Å²) in [5.74, 6) is 0.253. The van der Waals surface area contributed by atoms with Crippen LogP contribution in [0.2, 0.25) is 0 Å². The van der Waals surface area contributed by atoms with E-state index in [-0.39, 0.29) is 23.3 Å². The molecule has 0 amide bonds. The molecule has 1 saturated heterocycles. The third-order valence-electron chi connectivity index (χ3n) is 7.13. The van der Waals surface area contributed by atoms with E-state index in [2.05, 4.69) is 15.0 Å². The van der Waals surface area contributed by atoms with Crippen molar-refractivity contribution >= 4 is 5.82 Å². The molecule has 4 atom stereocenters. The first-order chi connectivity index (χ1) is 15.2. The molecule has 0 bridgehead atoms. The van der Waals surface area contributed by atoms with Crippen LogP contribution in [0.5, 0.6) is 0 Å². The lowest BCUT2D eigenvalue weighted by atomic mass is 9.99. The number of rotatable bonds is 6. The fourth-order valence-corrected chi connectivity index (χ4v) is 5.43.